The number of nitrogens with zero attached hydrogens (tertiary/aromatic N) is 1. The van der Waals surface area contributed by atoms with Gasteiger partial charge in [-0.15, -0.1) is 0 Å². The second-order valence-corrected chi connectivity index (χ2v) is 10.8. The molecule has 6 rings (SSSR count). The number of benzene rings is 4. The third-order valence-corrected chi connectivity index (χ3v) is 8.54. The minimum absolute atomic E-state index is 0.0632. The highest BCUT2D eigenvalue weighted by Crippen LogP contribution is 2.48. The van der Waals surface area contributed by atoms with Crippen LogP contribution in [0, 0.1) is 17.0 Å². The minimum atomic E-state index is -1.22. The van der Waals surface area contributed by atoms with Crippen LogP contribution >= 0.6 is 11.6 Å². The summed E-state index contributed by atoms with van der Waals surface area (Å²) in [6, 6.07) is 22.5. The summed E-state index contributed by atoms with van der Waals surface area (Å²) in [6.07, 6.45) is 3.55. The predicted octanol–water partition coefficient (Wildman–Crippen LogP) is 7.53. The Morgan fingerprint density at radius 3 is 2.64 bits per heavy atom. The molecule has 0 heterocycles. The summed E-state index contributed by atoms with van der Waals surface area (Å²) in [5.74, 6) is -1.16. The van der Waals surface area contributed by atoms with Crippen molar-refractivity contribution in [1.82, 2.24) is 0 Å². The smallest absolute Gasteiger partial charge is 0.335 e. The van der Waals surface area contributed by atoms with Crippen molar-refractivity contribution in [3.05, 3.63) is 127 Å². The molecule has 0 bridgehead atoms. The highest BCUT2D eigenvalue weighted by molar-refractivity contribution is 6.31. The Bertz CT molecular complexity index is 1660. The molecular weight excluding hydrogens is 514 g/mol. The van der Waals surface area contributed by atoms with Crippen molar-refractivity contribution in [2.75, 3.05) is 6.61 Å². The molecule has 0 spiro atoms. The summed E-state index contributed by atoms with van der Waals surface area (Å²) in [7, 11) is 0. The molecule has 7 heteroatoms. The zero-order valence-corrected chi connectivity index (χ0v) is 22.1. The summed E-state index contributed by atoms with van der Waals surface area (Å²) >= 11 is 6.33. The van der Waals surface area contributed by atoms with E-state index in [4.69, 9.17) is 16.3 Å². The maximum atomic E-state index is 11.8. The fraction of sp³-hybridized carbons (Fsp3) is 0.219. The maximum Gasteiger partial charge on any atom is 0.335 e. The second kappa shape index (κ2) is 9.54. The van der Waals surface area contributed by atoms with Crippen LogP contribution in [0.2, 0.25) is 5.02 Å². The number of nitro benzene ring substituents is 1. The number of carboxylic acids is 1. The van der Waals surface area contributed by atoms with Crippen molar-refractivity contribution in [1.29, 1.82) is 0 Å². The van der Waals surface area contributed by atoms with Crippen LogP contribution in [0.5, 0.6) is 5.75 Å². The third-order valence-electron chi connectivity index (χ3n) is 8.30. The lowest BCUT2D eigenvalue weighted by atomic mass is 9.65. The number of ether oxygens (including phenoxy) is 1. The first-order valence-electron chi connectivity index (χ1n) is 12.9. The Balaban J connectivity index is 1.47. The SMILES string of the molecule is Cc1c([C@@]2(COc3ccc(C(=O)O)cc3[N+](=O)[O-])CCCc3ccccc32)ccc2c1Cc1ccc(Cl)cc1-2. The molecule has 0 aromatic heterocycles. The Morgan fingerprint density at radius 2 is 1.85 bits per heavy atom. The Labute approximate surface area is 231 Å². The first-order chi connectivity index (χ1) is 18.8. The number of nitro groups is 1. The van der Waals surface area contributed by atoms with Crippen LogP contribution in [-0.4, -0.2) is 22.6 Å². The highest BCUT2D eigenvalue weighted by atomic mass is 35.5. The highest BCUT2D eigenvalue weighted by Gasteiger charge is 2.41. The molecule has 4 aromatic rings. The molecule has 0 saturated heterocycles. The molecule has 196 valence electrons. The molecule has 0 aliphatic heterocycles. The molecule has 0 saturated carbocycles. The summed E-state index contributed by atoms with van der Waals surface area (Å²) in [4.78, 5) is 22.7. The molecule has 4 aromatic carbocycles. The van der Waals surface area contributed by atoms with Crippen molar-refractivity contribution in [2.45, 2.75) is 38.0 Å². The number of hydrogen-bond donors (Lipinski definition) is 1. The van der Waals surface area contributed by atoms with Gasteiger partial charge in [0.05, 0.1) is 15.9 Å². The lowest BCUT2D eigenvalue weighted by Crippen LogP contribution is -2.39. The van der Waals surface area contributed by atoms with Crippen LogP contribution in [-0.2, 0) is 18.3 Å². The maximum absolute atomic E-state index is 11.8. The largest absolute Gasteiger partial charge is 0.486 e. The van der Waals surface area contributed by atoms with E-state index in [1.165, 1.54) is 45.5 Å². The lowest BCUT2D eigenvalue weighted by Gasteiger charge is -2.41. The van der Waals surface area contributed by atoms with Gasteiger partial charge < -0.3 is 9.84 Å². The van der Waals surface area contributed by atoms with Crippen molar-refractivity contribution in [3.63, 3.8) is 0 Å². The molecule has 0 fully saturated rings. The van der Waals surface area contributed by atoms with Crippen LogP contribution < -0.4 is 4.74 Å². The van der Waals surface area contributed by atoms with E-state index in [1.807, 2.05) is 24.3 Å². The molecule has 2 aliphatic carbocycles. The molecule has 39 heavy (non-hydrogen) atoms. The van der Waals surface area contributed by atoms with E-state index in [2.05, 4.69) is 37.3 Å². The minimum Gasteiger partial charge on any atom is -0.486 e. The third kappa shape index (κ3) is 4.16. The fourth-order valence-corrected chi connectivity index (χ4v) is 6.62. The quantitative estimate of drug-likeness (QED) is 0.178. The predicted molar refractivity (Wildman–Crippen MR) is 150 cm³/mol. The van der Waals surface area contributed by atoms with Gasteiger partial charge in [0.25, 0.3) is 0 Å². The summed E-state index contributed by atoms with van der Waals surface area (Å²) in [6.45, 7) is 2.35. The van der Waals surface area contributed by atoms with Crippen LogP contribution in [0.1, 0.15) is 56.6 Å². The van der Waals surface area contributed by atoms with E-state index in [9.17, 15) is 20.0 Å². The zero-order chi connectivity index (χ0) is 27.3. The van der Waals surface area contributed by atoms with Gasteiger partial charge in [0.2, 0.25) is 0 Å². The molecule has 1 atom stereocenters. The van der Waals surface area contributed by atoms with Gasteiger partial charge in [0.1, 0.15) is 6.61 Å². The molecular formula is C32H26ClNO5. The van der Waals surface area contributed by atoms with Gasteiger partial charge in [-0.3, -0.25) is 10.1 Å². The van der Waals surface area contributed by atoms with Crippen LogP contribution in [0.4, 0.5) is 5.69 Å². The molecule has 6 nitrogen and oxygen atoms in total. The van der Waals surface area contributed by atoms with Crippen molar-refractivity contribution in [2.24, 2.45) is 0 Å². The number of aryl methyl sites for hydroxylation is 1. The van der Waals surface area contributed by atoms with Gasteiger partial charge in [-0.1, -0.05) is 54.1 Å². The Kier molecular flexibility index (Phi) is 6.15. The number of aromatic carboxylic acids is 1. The summed E-state index contributed by atoms with van der Waals surface area (Å²) in [5, 5.41) is 21.9. The van der Waals surface area contributed by atoms with Crippen LogP contribution in [0.15, 0.2) is 72.8 Å². The fourth-order valence-electron chi connectivity index (χ4n) is 6.44. The van der Waals surface area contributed by atoms with E-state index in [0.29, 0.717) is 5.02 Å². The van der Waals surface area contributed by atoms with Crippen molar-refractivity contribution >= 4 is 23.3 Å². The average molecular weight is 540 g/mol. The van der Waals surface area contributed by atoms with E-state index in [1.54, 1.807) is 0 Å². The first-order valence-corrected chi connectivity index (χ1v) is 13.3. The zero-order valence-electron chi connectivity index (χ0n) is 21.4. The molecule has 0 amide bonds. The van der Waals surface area contributed by atoms with Gasteiger partial charge in [0.15, 0.2) is 5.75 Å². The van der Waals surface area contributed by atoms with E-state index >= 15 is 0 Å². The number of rotatable bonds is 6. The second-order valence-electron chi connectivity index (χ2n) is 10.4. The number of hydrogen-bond acceptors (Lipinski definition) is 4. The standard InChI is InChI=1S/C32H26ClNO5/c1-19-25-15-21-8-10-23(33)17-26(21)24(25)11-12-27(19)32(14-4-6-20-5-2-3-7-28(20)32)18-39-30-13-9-22(31(35)36)16-29(30)34(37)38/h2-3,5,7-13,16-17H,4,6,14-15,18H2,1H3,(H,35,36)/t32-/m0/s1. The van der Waals surface area contributed by atoms with Crippen molar-refractivity contribution < 1.29 is 19.6 Å². The number of fused-ring (bicyclic) bond motifs is 4. The summed E-state index contributed by atoms with van der Waals surface area (Å²) < 4.78 is 6.29. The van der Waals surface area contributed by atoms with E-state index in [0.717, 1.165) is 42.9 Å². The van der Waals surface area contributed by atoms with E-state index < -0.39 is 16.3 Å². The van der Waals surface area contributed by atoms with Gasteiger partial charge in [-0.25, -0.2) is 4.79 Å². The van der Waals surface area contributed by atoms with Crippen molar-refractivity contribution in [3.8, 4) is 16.9 Å². The van der Waals surface area contributed by atoms with Gasteiger partial charge >= 0.3 is 11.7 Å². The number of carboxylic acid groups (broad SMARTS) is 1. The monoisotopic (exact) mass is 539 g/mol. The molecule has 0 radical (unpaired) electrons. The van der Waals surface area contributed by atoms with E-state index in [-0.39, 0.29) is 23.6 Å². The molecule has 2 aliphatic rings. The molecule has 0 unspecified atom stereocenters. The average Bonchev–Trinajstić information content (AvgIpc) is 3.30. The van der Waals surface area contributed by atoms with Gasteiger partial charge in [-0.2, -0.15) is 0 Å². The van der Waals surface area contributed by atoms with Gasteiger partial charge in [0, 0.05) is 11.1 Å². The first kappa shape index (κ1) is 25.1. The summed E-state index contributed by atoms with van der Waals surface area (Å²) in [5.41, 5.74) is 8.59. The Morgan fingerprint density at radius 1 is 1.03 bits per heavy atom. The topological polar surface area (TPSA) is 89.7 Å². The number of carbonyl (C=O) groups is 1. The lowest BCUT2D eigenvalue weighted by molar-refractivity contribution is -0.385. The van der Waals surface area contributed by atoms with Crippen LogP contribution in [0.25, 0.3) is 11.1 Å². The Hall–Kier alpha value is -4.16. The van der Waals surface area contributed by atoms with Crippen LogP contribution in [0.3, 0.4) is 0 Å². The normalized spacial score (nSPS) is 17.2. The molecule has 1 N–H and O–H groups in total. The van der Waals surface area contributed by atoms with Gasteiger partial charge in [-0.05, 0) is 101 Å². The number of halogens is 1.